The number of hydrogen-bond donors (Lipinski definition) is 1. The zero-order valence-corrected chi connectivity index (χ0v) is 7.10. The van der Waals surface area contributed by atoms with Gasteiger partial charge in [0, 0.05) is 0 Å². The summed E-state index contributed by atoms with van der Waals surface area (Å²) in [6, 6.07) is 1.67. The van der Waals surface area contributed by atoms with Crippen LogP contribution in [0, 0.1) is 5.41 Å². The average Bonchev–Trinajstić information content (AvgIpc) is 1.41. The quantitative estimate of drug-likeness (QED) is 0.541. The molecule has 3 nitrogen and oxygen atoms in total. The minimum Gasteiger partial charge on any atom is -0.391 e. The van der Waals surface area contributed by atoms with Gasteiger partial charge in [-0.25, -0.2) is 5.41 Å². The number of hydrogen-bond acceptors (Lipinski definition) is 3. The van der Waals surface area contributed by atoms with Gasteiger partial charge in [-0.3, -0.25) is 0 Å². The maximum absolute atomic E-state index is 6.06. The summed E-state index contributed by atoms with van der Waals surface area (Å²) in [5, 5.41) is 8.95. The standard InChI is InChI=1S/C2H4N2O.2BrH/c1-5-4-2-3;;/h3H,1H3;2*1H. The Bertz CT molecular complexity index is 60.7. The van der Waals surface area contributed by atoms with E-state index in [9.17, 15) is 0 Å². The Morgan fingerprint density at radius 3 is 2.00 bits per heavy atom. The van der Waals surface area contributed by atoms with Crippen LogP contribution in [0.15, 0.2) is 5.16 Å². The van der Waals surface area contributed by atoms with Gasteiger partial charge in [-0.05, 0) is 5.16 Å². The molecule has 0 aromatic heterocycles. The summed E-state index contributed by atoms with van der Waals surface area (Å²) < 4.78 is 0. The number of nitrogens with zero attached hydrogens (tertiary/aromatic N) is 1. The monoisotopic (exact) mass is 232 g/mol. The van der Waals surface area contributed by atoms with Crippen LogP contribution in [0.5, 0.6) is 0 Å². The molecule has 0 saturated heterocycles. The molecule has 0 bridgehead atoms. The van der Waals surface area contributed by atoms with Crippen LogP contribution >= 0.6 is 34.0 Å². The van der Waals surface area contributed by atoms with Crippen LogP contribution in [0.2, 0.25) is 0 Å². The van der Waals surface area contributed by atoms with Crippen molar-refractivity contribution < 1.29 is 4.84 Å². The molecule has 0 fully saturated rings. The van der Waals surface area contributed by atoms with Gasteiger partial charge < -0.3 is 4.84 Å². The normalized spacial score (nSPS) is 3.57. The molecular weight excluding hydrogens is 228 g/mol. The van der Waals surface area contributed by atoms with Gasteiger partial charge in [0.1, 0.15) is 13.1 Å². The Morgan fingerprint density at radius 2 is 2.00 bits per heavy atom. The molecule has 0 spiro atoms. The van der Waals surface area contributed by atoms with Gasteiger partial charge in [-0.15, -0.1) is 34.0 Å². The van der Waals surface area contributed by atoms with Gasteiger partial charge in [-0.1, -0.05) is 0 Å². The average molecular weight is 234 g/mol. The van der Waals surface area contributed by atoms with Crippen molar-refractivity contribution in [1.29, 1.82) is 5.41 Å². The van der Waals surface area contributed by atoms with Crippen molar-refractivity contribution in [1.82, 2.24) is 0 Å². The van der Waals surface area contributed by atoms with Crippen LogP contribution in [-0.2, 0) is 4.84 Å². The van der Waals surface area contributed by atoms with Crippen LogP contribution in [0.25, 0.3) is 0 Å². The molecule has 0 amide bonds. The second kappa shape index (κ2) is 16.5. The van der Waals surface area contributed by atoms with Gasteiger partial charge in [0.05, 0.1) is 0 Å². The third-order valence-corrected chi connectivity index (χ3v) is 0.137. The van der Waals surface area contributed by atoms with E-state index in [1.807, 2.05) is 0 Å². The summed E-state index contributed by atoms with van der Waals surface area (Å²) >= 11 is 0. The first-order valence-corrected chi connectivity index (χ1v) is 1.06. The lowest BCUT2D eigenvalue weighted by atomic mass is 11.6. The molecule has 1 N–H and O–H groups in total. The molecule has 0 unspecified atom stereocenters. The van der Waals surface area contributed by atoms with Crippen molar-refractivity contribution in [3.63, 3.8) is 0 Å². The third-order valence-electron chi connectivity index (χ3n) is 0.137. The van der Waals surface area contributed by atoms with E-state index in [2.05, 4.69) is 9.99 Å². The topological polar surface area (TPSA) is 45.4 Å². The van der Waals surface area contributed by atoms with Gasteiger partial charge >= 0.3 is 0 Å². The fourth-order valence-corrected chi connectivity index (χ4v) is 0.0456. The van der Waals surface area contributed by atoms with E-state index in [1.165, 1.54) is 7.11 Å². The van der Waals surface area contributed by atoms with Crippen molar-refractivity contribution in [2.75, 3.05) is 7.11 Å². The molecule has 0 rings (SSSR count). The first kappa shape index (κ1) is 15.7. The van der Waals surface area contributed by atoms with Crippen LogP contribution < -0.4 is 0 Å². The second-order valence-electron chi connectivity index (χ2n) is 0.386. The Kier molecular flexibility index (Phi) is 36.9. The molecule has 0 atom stereocenters. The fraction of sp³-hybridized carbons (Fsp3) is 0.500. The van der Waals surface area contributed by atoms with Crippen molar-refractivity contribution in [2.24, 2.45) is 5.16 Å². The molecule has 0 saturated carbocycles. The van der Waals surface area contributed by atoms with Crippen molar-refractivity contribution in [2.45, 2.75) is 0 Å². The summed E-state index contributed by atoms with van der Waals surface area (Å²) in [5.41, 5.74) is 0. The first-order valence-electron chi connectivity index (χ1n) is 1.06. The third kappa shape index (κ3) is 23.0. The summed E-state index contributed by atoms with van der Waals surface area (Å²) in [4.78, 5) is 4.02. The second-order valence-corrected chi connectivity index (χ2v) is 0.386. The minimum atomic E-state index is 0. The minimum absolute atomic E-state index is 0. The summed E-state index contributed by atoms with van der Waals surface area (Å²) in [5.74, 6) is 0. The molecule has 7 heavy (non-hydrogen) atoms. The fourth-order valence-electron chi connectivity index (χ4n) is 0.0456. The van der Waals surface area contributed by atoms with E-state index in [0.717, 1.165) is 0 Å². The Morgan fingerprint density at radius 1 is 1.57 bits per heavy atom. The SMILES string of the molecule is Br.Br.CON=C=N. The lowest BCUT2D eigenvalue weighted by molar-refractivity contribution is 0.215. The Balaban J connectivity index is -0.0000000800. The lowest BCUT2D eigenvalue weighted by Crippen LogP contribution is -1.58. The smallest absolute Gasteiger partial charge is 0.132 e. The molecule has 5 heteroatoms. The lowest BCUT2D eigenvalue weighted by Gasteiger charge is -1.69. The molecule has 0 aromatic carbocycles. The molecule has 0 aliphatic heterocycles. The van der Waals surface area contributed by atoms with E-state index >= 15 is 0 Å². The van der Waals surface area contributed by atoms with Crippen molar-refractivity contribution in [3.8, 4) is 0 Å². The van der Waals surface area contributed by atoms with Gasteiger partial charge in [-0.2, -0.15) is 0 Å². The van der Waals surface area contributed by atoms with Crippen LogP contribution in [0.4, 0.5) is 0 Å². The van der Waals surface area contributed by atoms with E-state index < -0.39 is 0 Å². The van der Waals surface area contributed by atoms with Crippen molar-refractivity contribution in [3.05, 3.63) is 0 Å². The summed E-state index contributed by atoms with van der Waals surface area (Å²) in [6.45, 7) is 0. The zero-order valence-electron chi connectivity index (χ0n) is 3.67. The summed E-state index contributed by atoms with van der Waals surface area (Å²) in [6.07, 6.45) is 0. The van der Waals surface area contributed by atoms with Gasteiger partial charge in [0.25, 0.3) is 0 Å². The van der Waals surface area contributed by atoms with E-state index in [-0.39, 0.29) is 34.0 Å². The number of nitrogens with one attached hydrogen (secondary N) is 1. The highest BCUT2D eigenvalue weighted by Gasteiger charge is 1.43. The molecule has 0 heterocycles. The van der Waals surface area contributed by atoms with Crippen LogP contribution in [0.1, 0.15) is 0 Å². The molecule has 44 valence electrons. The van der Waals surface area contributed by atoms with Crippen LogP contribution in [0.3, 0.4) is 0 Å². The predicted molar refractivity (Wildman–Crippen MR) is 37.8 cm³/mol. The van der Waals surface area contributed by atoms with E-state index in [0.29, 0.717) is 0 Å². The molecule has 0 aromatic rings. The maximum atomic E-state index is 6.06. The summed E-state index contributed by atoms with van der Waals surface area (Å²) in [7, 11) is 1.36. The zero-order chi connectivity index (χ0) is 4.12. The number of rotatable bonds is 1. The molecule has 0 radical (unpaired) electrons. The van der Waals surface area contributed by atoms with Gasteiger partial charge in [0.15, 0.2) is 0 Å². The maximum Gasteiger partial charge on any atom is 0.132 e. The van der Waals surface area contributed by atoms with Crippen molar-refractivity contribution >= 4 is 40.0 Å². The highest BCUT2D eigenvalue weighted by Crippen LogP contribution is 1.52. The first-order chi connectivity index (χ1) is 2.41. The van der Waals surface area contributed by atoms with E-state index in [1.54, 1.807) is 6.01 Å². The van der Waals surface area contributed by atoms with Gasteiger partial charge in [0.2, 0.25) is 0 Å². The van der Waals surface area contributed by atoms with Crippen LogP contribution in [-0.4, -0.2) is 13.1 Å². The Hall–Kier alpha value is 0.140. The highest BCUT2D eigenvalue weighted by atomic mass is 79.9. The largest absolute Gasteiger partial charge is 0.391 e. The number of halogens is 2. The molecule has 0 aliphatic rings. The predicted octanol–water partition coefficient (Wildman–Crippen LogP) is 1.46. The Labute approximate surface area is 62.8 Å². The molecule has 0 aliphatic carbocycles. The highest BCUT2D eigenvalue weighted by molar-refractivity contribution is 8.93. The molecular formula is C2H6Br2N2O. The van der Waals surface area contributed by atoms with E-state index in [4.69, 9.17) is 5.41 Å².